The fourth-order valence-corrected chi connectivity index (χ4v) is 6.46. The maximum Gasteiger partial charge on any atom is 0.250 e. The highest BCUT2D eigenvalue weighted by atomic mass is 32.2. The first-order chi connectivity index (χ1) is 16.9. The third kappa shape index (κ3) is 4.64. The number of hydrogen-bond acceptors (Lipinski definition) is 6. The van der Waals surface area contributed by atoms with Gasteiger partial charge in [-0.15, -0.1) is 10.2 Å². The van der Waals surface area contributed by atoms with Gasteiger partial charge >= 0.3 is 0 Å². The molecule has 186 valence electrons. The molecule has 1 aromatic carbocycles. The number of rotatable bonds is 6. The van der Waals surface area contributed by atoms with Crippen LogP contribution in [-0.4, -0.2) is 65.7 Å². The van der Waals surface area contributed by atoms with Crippen molar-refractivity contribution in [3.8, 4) is 11.3 Å². The highest BCUT2D eigenvalue weighted by molar-refractivity contribution is 7.89. The summed E-state index contributed by atoms with van der Waals surface area (Å²) in [6, 6.07) is 7.74. The lowest BCUT2D eigenvalue weighted by Crippen LogP contribution is -2.38. The maximum atomic E-state index is 12.3. The molecule has 0 radical (unpaired) electrons. The first-order valence-electron chi connectivity index (χ1n) is 12.4. The lowest BCUT2D eigenvalue weighted by molar-refractivity contribution is 0.100. The molecule has 0 atom stereocenters. The van der Waals surface area contributed by atoms with E-state index in [1.54, 1.807) is 17.3 Å². The number of fused-ring (bicyclic) bond motifs is 1. The molecule has 1 amide bonds. The third-order valence-corrected chi connectivity index (χ3v) is 9.25. The number of aromatic nitrogens is 3. The Bertz CT molecular complexity index is 1320. The van der Waals surface area contributed by atoms with Crippen molar-refractivity contribution in [2.45, 2.75) is 44.9 Å². The largest absolute Gasteiger partial charge is 0.366 e. The molecule has 0 spiro atoms. The zero-order valence-electron chi connectivity index (χ0n) is 20.0. The second kappa shape index (κ2) is 9.58. The Morgan fingerprint density at radius 1 is 1.09 bits per heavy atom. The van der Waals surface area contributed by atoms with E-state index in [-0.39, 0.29) is 11.7 Å². The number of amides is 1. The molecule has 35 heavy (non-hydrogen) atoms. The Hall–Kier alpha value is -2.98. The summed E-state index contributed by atoms with van der Waals surface area (Å²) in [6.07, 6.45) is 6.98. The van der Waals surface area contributed by atoms with Crippen LogP contribution < -0.4 is 10.6 Å². The highest BCUT2D eigenvalue weighted by Gasteiger charge is 2.29. The Morgan fingerprint density at radius 3 is 2.46 bits per heavy atom. The average Bonchev–Trinajstić information content (AvgIpc) is 3.33. The fourth-order valence-electron chi connectivity index (χ4n) is 5.33. The molecule has 3 aromatic rings. The molecule has 2 saturated heterocycles. The first kappa shape index (κ1) is 23.7. The number of H-pyrrole nitrogens is 1. The number of aromatic amines is 1. The monoisotopic (exact) mass is 496 g/mol. The number of nitrogens with two attached hydrogens (primary N) is 1. The van der Waals surface area contributed by atoms with E-state index in [2.05, 4.69) is 20.1 Å². The molecule has 5 rings (SSSR count). The molecule has 2 aromatic heterocycles. The van der Waals surface area contributed by atoms with Crippen molar-refractivity contribution in [1.82, 2.24) is 19.5 Å². The highest BCUT2D eigenvalue weighted by Crippen LogP contribution is 2.37. The minimum Gasteiger partial charge on any atom is -0.366 e. The van der Waals surface area contributed by atoms with Gasteiger partial charge in [0.2, 0.25) is 10.0 Å². The van der Waals surface area contributed by atoms with Crippen LogP contribution in [-0.2, 0) is 10.0 Å². The van der Waals surface area contributed by atoms with Crippen molar-refractivity contribution in [1.29, 1.82) is 0 Å². The lowest BCUT2D eigenvalue weighted by Gasteiger charge is -2.31. The number of benzene rings is 1. The zero-order valence-corrected chi connectivity index (χ0v) is 20.9. The minimum absolute atomic E-state index is 0.119. The van der Waals surface area contributed by atoms with Crippen molar-refractivity contribution in [3.05, 3.63) is 41.6 Å². The molecule has 2 aliphatic rings. The van der Waals surface area contributed by atoms with Crippen LogP contribution in [0.4, 0.5) is 5.82 Å². The van der Waals surface area contributed by atoms with Gasteiger partial charge in [-0.2, -0.15) is 0 Å². The molecular weight excluding hydrogens is 464 g/mol. The van der Waals surface area contributed by atoms with E-state index in [9.17, 15) is 13.2 Å². The van der Waals surface area contributed by atoms with Gasteiger partial charge in [-0.3, -0.25) is 4.79 Å². The van der Waals surface area contributed by atoms with Gasteiger partial charge in [0.1, 0.15) is 0 Å². The number of piperidine rings is 2. The maximum absolute atomic E-state index is 12.3. The van der Waals surface area contributed by atoms with Gasteiger partial charge in [0, 0.05) is 43.3 Å². The molecule has 0 aliphatic carbocycles. The van der Waals surface area contributed by atoms with Crippen molar-refractivity contribution < 1.29 is 13.2 Å². The number of sulfonamides is 1. The van der Waals surface area contributed by atoms with Crippen LogP contribution in [0.5, 0.6) is 0 Å². The molecule has 3 N–H and O–H groups in total. The lowest BCUT2D eigenvalue weighted by atomic mass is 9.89. The summed E-state index contributed by atoms with van der Waals surface area (Å²) in [5, 5.41) is 9.87. The van der Waals surface area contributed by atoms with Crippen LogP contribution in [0.25, 0.3) is 22.2 Å². The smallest absolute Gasteiger partial charge is 0.250 e. The molecule has 9 nitrogen and oxygen atoms in total. The van der Waals surface area contributed by atoms with Crippen LogP contribution in [0.3, 0.4) is 0 Å². The van der Waals surface area contributed by atoms with Gasteiger partial charge < -0.3 is 15.6 Å². The number of nitrogens with zero attached hydrogens (tertiary/aromatic N) is 4. The molecule has 2 aliphatic heterocycles. The van der Waals surface area contributed by atoms with Crippen LogP contribution in [0.2, 0.25) is 0 Å². The van der Waals surface area contributed by atoms with Gasteiger partial charge in [0.05, 0.1) is 22.5 Å². The average molecular weight is 497 g/mol. The summed E-state index contributed by atoms with van der Waals surface area (Å²) in [6.45, 7) is 4.67. The topological polar surface area (TPSA) is 125 Å². The second-order valence-electron chi connectivity index (χ2n) is 9.45. The number of hydrogen-bond donors (Lipinski definition) is 2. The molecule has 0 unspecified atom stereocenters. The van der Waals surface area contributed by atoms with Crippen molar-refractivity contribution >= 4 is 32.7 Å². The predicted octanol–water partition coefficient (Wildman–Crippen LogP) is 3.24. The quantitative estimate of drug-likeness (QED) is 0.540. The van der Waals surface area contributed by atoms with Crippen LogP contribution in [0, 0.1) is 0 Å². The Labute approximate surface area is 205 Å². The first-order valence-corrected chi connectivity index (χ1v) is 14.0. The molecule has 4 heterocycles. The summed E-state index contributed by atoms with van der Waals surface area (Å²) >= 11 is 0. The van der Waals surface area contributed by atoms with Gasteiger partial charge in [-0.25, -0.2) is 12.7 Å². The molecule has 10 heteroatoms. The van der Waals surface area contributed by atoms with E-state index in [1.165, 1.54) is 19.3 Å². The summed E-state index contributed by atoms with van der Waals surface area (Å²) in [5.41, 5.74) is 9.42. The van der Waals surface area contributed by atoms with Gasteiger partial charge in [-0.1, -0.05) is 0 Å². The summed E-state index contributed by atoms with van der Waals surface area (Å²) < 4.78 is 26.1. The number of carbonyl (C=O) groups excluding carboxylic acids is 1. The van der Waals surface area contributed by atoms with E-state index in [4.69, 9.17) is 5.73 Å². The number of primary amides is 1. The Kier molecular flexibility index (Phi) is 6.50. The van der Waals surface area contributed by atoms with Gasteiger partial charge in [0.15, 0.2) is 5.82 Å². The predicted molar refractivity (Wildman–Crippen MR) is 137 cm³/mol. The third-order valence-electron chi connectivity index (χ3n) is 7.37. The van der Waals surface area contributed by atoms with E-state index in [0.29, 0.717) is 29.9 Å². The molecule has 0 bridgehead atoms. The van der Waals surface area contributed by atoms with Crippen molar-refractivity contribution in [2.75, 3.05) is 36.8 Å². The minimum atomic E-state index is -3.18. The fraction of sp³-hybridized carbons (Fsp3) is 0.480. The van der Waals surface area contributed by atoms with E-state index >= 15 is 0 Å². The second-order valence-corrected chi connectivity index (χ2v) is 11.7. The van der Waals surface area contributed by atoms with Crippen LogP contribution in [0.1, 0.15) is 60.9 Å². The Morgan fingerprint density at radius 2 is 1.83 bits per heavy atom. The number of anilines is 1. The SMILES string of the molecule is CCS(=O)(=O)N1CCC(c2c[nH]c3c(C(N)=O)cc(-c4ccc(N5CCCCC5)nn4)cc23)CC1. The molecular formula is C25H32N6O3S. The van der Waals surface area contributed by atoms with Crippen molar-refractivity contribution in [2.24, 2.45) is 5.73 Å². The van der Waals surface area contributed by atoms with E-state index < -0.39 is 15.9 Å². The van der Waals surface area contributed by atoms with Crippen LogP contribution >= 0.6 is 0 Å². The normalized spacial score (nSPS) is 18.3. The number of carbonyl (C=O) groups is 1. The Balaban J connectivity index is 1.46. The van der Waals surface area contributed by atoms with Gasteiger partial charge in [0.25, 0.3) is 5.91 Å². The van der Waals surface area contributed by atoms with E-state index in [1.807, 2.05) is 24.4 Å². The zero-order chi connectivity index (χ0) is 24.6. The summed E-state index contributed by atoms with van der Waals surface area (Å²) in [7, 11) is -3.18. The van der Waals surface area contributed by atoms with Crippen LogP contribution in [0.15, 0.2) is 30.5 Å². The van der Waals surface area contributed by atoms with Gasteiger partial charge in [-0.05, 0) is 74.8 Å². The number of nitrogens with one attached hydrogen (secondary N) is 1. The standard InChI is InChI=1S/C25H32N6O3S/c1-2-35(33,34)31-12-8-17(9-13-31)21-16-27-24-19(21)14-18(15-20(24)25(26)32)22-6-7-23(29-28-22)30-10-4-3-5-11-30/h6-7,14-17,27H,2-5,8-13H2,1H3,(H2,26,32). The molecule has 0 saturated carbocycles. The molecule has 2 fully saturated rings. The van der Waals surface area contributed by atoms with E-state index in [0.717, 1.165) is 48.3 Å². The summed E-state index contributed by atoms with van der Waals surface area (Å²) in [4.78, 5) is 17.8. The summed E-state index contributed by atoms with van der Waals surface area (Å²) in [5.74, 6) is 0.677. The van der Waals surface area contributed by atoms with Crippen molar-refractivity contribution in [3.63, 3.8) is 0 Å².